The van der Waals surface area contributed by atoms with Crippen LogP contribution in [-0.4, -0.2) is 28.4 Å². The number of para-hydroxylation sites is 1. The van der Waals surface area contributed by atoms with Crippen molar-refractivity contribution in [3.8, 4) is 5.75 Å². The summed E-state index contributed by atoms with van der Waals surface area (Å²) in [4.78, 5) is 16.9. The topological polar surface area (TPSA) is 55.6 Å². The Balaban J connectivity index is 1.32. The maximum absolute atomic E-state index is 12.4. The van der Waals surface area contributed by atoms with Crippen LogP contribution in [0.15, 0.2) is 54.9 Å². The van der Waals surface area contributed by atoms with E-state index in [1.54, 1.807) is 0 Å². The second kappa shape index (κ2) is 6.35. The number of imidazole rings is 1. The zero-order valence-electron chi connectivity index (χ0n) is 13.3. The van der Waals surface area contributed by atoms with Crippen molar-refractivity contribution < 1.29 is 9.53 Å². The van der Waals surface area contributed by atoms with E-state index in [2.05, 4.69) is 10.3 Å². The van der Waals surface area contributed by atoms with Gasteiger partial charge in [0.05, 0.1) is 11.6 Å². The monoisotopic (exact) mass is 321 g/mol. The Morgan fingerprint density at radius 2 is 2.12 bits per heavy atom. The third-order valence-corrected chi connectivity index (χ3v) is 4.34. The number of carbonyl (C=O) groups excluding carboxylic acids is 1. The molecule has 1 N–H and O–H groups in total. The van der Waals surface area contributed by atoms with Crippen LogP contribution in [0.5, 0.6) is 5.75 Å². The van der Waals surface area contributed by atoms with Gasteiger partial charge in [0, 0.05) is 25.4 Å². The molecule has 5 heteroatoms. The largest absolute Gasteiger partial charge is 0.492 e. The van der Waals surface area contributed by atoms with Gasteiger partial charge >= 0.3 is 0 Å². The summed E-state index contributed by atoms with van der Waals surface area (Å²) in [6.45, 7) is 1.03. The van der Waals surface area contributed by atoms with Crippen molar-refractivity contribution in [1.29, 1.82) is 0 Å². The van der Waals surface area contributed by atoms with Crippen molar-refractivity contribution in [2.45, 2.75) is 12.8 Å². The highest BCUT2D eigenvalue weighted by atomic mass is 16.5. The van der Waals surface area contributed by atoms with E-state index in [4.69, 9.17) is 4.74 Å². The summed E-state index contributed by atoms with van der Waals surface area (Å²) in [6.07, 6.45) is 5.43. The maximum atomic E-state index is 12.4. The van der Waals surface area contributed by atoms with E-state index < -0.39 is 0 Å². The third kappa shape index (κ3) is 2.97. The lowest BCUT2D eigenvalue weighted by Gasteiger charge is -2.24. The van der Waals surface area contributed by atoms with E-state index in [9.17, 15) is 4.79 Å². The number of nitrogens with one attached hydrogen (secondary N) is 1. The average Bonchev–Trinajstić information content (AvgIpc) is 3.04. The van der Waals surface area contributed by atoms with Gasteiger partial charge in [-0.05, 0) is 30.2 Å². The van der Waals surface area contributed by atoms with Crippen LogP contribution in [0.3, 0.4) is 0 Å². The van der Waals surface area contributed by atoms with E-state index in [0.29, 0.717) is 13.2 Å². The first-order chi connectivity index (χ1) is 11.8. The van der Waals surface area contributed by atoms with Crippen LogP contribution in [0.2, 0.25) is 0 Å². The molecule has 0 aliphatic carbocycles. The highest BCUT2D eigenvalue weighted by molar-refractivity contribution is 5.79. The third-order valence-electron chi connectivity index (χ3n) is 4.34. The summed E-state index contributed by atoms with van der Waals surface area (Å²) in [6, 6.07) is 13.8. The molecule has 0 fully saturated rings. The minimum atomic E-state index is -0.124. The number of aromatic nitrogens is 2. The number of amides is 1. The Labute approximate surface area is 140 Å². The SMILES string of the molecule is O=C(NCCc1cn2ccccc2n1)C1COc2ccccc2C1. The van der Waals surface area contributed by atoms with Gasteiger partial charge in [-0.25, -0.2) is 4.98 Å². The molecule has 122 valence electrons. The van der Waals surface area contributed by atoms with Gasteiger partial charge in [-0.15, -0.1) is 0 Å². The second-order valence-electron chi connectivity index (χ2n) is 6.06. The van der Waals surface area contributed by atoms with Crippen molar-refractivity contribution in [3.05, 3.63) is 66.1 Å². The number of fused-ring (bicyclic) bond motifs is 2. The molecule has 1 amide bonds. The zero-order valence-corrected chi connectivity index (χ0v) is 13.3. The quantitative estimate of drug-likeness (QED) is 0.802. The molecule has 0 saturated heterocycles. The van der Waals surface area contributed by atoms with Gasteiger partial charge in [-0.1, -0.05) is 24.3 Å². The molecule has 1 unspecified atom stereocenters. The van der Waals surface area contributed by atoms with Crippen LogP contribution in [0.25, 0.3) is 5.65 Å². The number of hydrogen-bond donors (Lipinski definition) is 1. The van der Waals surface area contributed by atoms with E-state index in [1.165, 1.54) is 0 Å². The van der Waals surface area contributed by atoms with Gasteiger partial charge < -0.3 is 14.5 Å². The first kappa shape index (κ1) is 14.8. The van der Waals surface area contributed by atoms with E-state index in [0.717, 1.165) is 35.5 Å². The molecule has 5 nitrogen and oxygen atoms in total. The molecule has 3 aromatic rings. The van der Waals surface area contributed by atoms with Crippen LogP contribution in [0, 0.1) is 5.92 Å². The zero-order chi connectivity index (χ0) is 16.4. The Morgan fingerprint density at radius 1 is 1.25 bits per heavy atom. The number of hydrogen-bond acceptors (Lipinski definition) is 3. The fourth-order valence-electron chi connectivity index (χ4n) is 3.06. The van der Waals surface area contributed by atoms with Crippen LogP contribution >= 0.6 is 0 Å². The van der Waals surface area contributed by atoms with Crippen LogP contribution in [0.1, 0.15) is 11.3 Å². The van der Waals surface area contributed by atoms with Crippen LogP contribution < -0.4 is 10.1 Å². The minimum absolute atomic E-state index is 0.0493. The summed E-state index contributed by atoms with van der Waals surface area (Å²) < 4.78 is 7.67. The smallest absolute Gasteiger partial charge is 0.226 e. The normalized spacial score (nSPS) is 16.4. The van der Waals surface area contributed by atoms with Gasteiger partial charge in [0.25, 0.3) is 0 Å². The van der Waals surface area contributed by atoms with Crippen molar-refractivity contribution in [3.63, 3.8) is 0 Å². The predicted molar refractivity (Wildman–Crippen MR) is 91.0 cm³/mol. The standard InChI is InChI=1S/C19H19N3O2/c23-19(15-11-14-5-1-2-6-17(14)24-13-15)20-9-8-16-12-22-10-4-3-7-18(22)21-16/h1-7,10,12,15H,8-9,11,13H2,(H,20,23). The number of nitrogens with zero attached hydrogens (tertiary/aromatic N) is 2. The Hall–Kier alpha value is -2.82. The van der Waals surface area contributed by atoms with E-state index in [1.807, 2.05) is 59.3 Å². The molecule has 0 bridgehead atoms. The van der Waals surface area contributed by atoms with Crippen molar-refractivity contribution in [2.24, 2.45) is 5.92 Å². The molecule has 1 atom stereocenters. The number of pyridine rings is 1. The fourth-order valence-corrected chi connectivity index (χ4v) is 3.06. The van der Waals surface area contributed by atoms with Crippen molar-refractivity contribution in [1.82, 2.24) is 14.7 Å². The molecule has 0 spiro atoms. The first-order valence-corrected chi connectivity index (χ1v) is 8.20. The molecule has 4 rings (SSSR count). The lowest BCUT2D eigenvalue weighted by Crippen LogP contribution is -2.38. The van der Waals surface area contributed by atoms with Gasteiger partial charge in [0.2, 0.25) is 5.91 Å². The fraction of sp³-hybridized carbons (Fsp3) is 0.263. The van der Waals surface area contributed by atoms with Crippen LogP contribution in [-0.2, 0) is 17.6 Å². The lowest BCUT2D eigenvalue weighted by atomic mass is 9.96. The first-order valence-electron chi connectivity index (χ1n) is 8.20. The van der Waals surface area contributed by atoms with Crippen molar-refractivity contribution in [2.75, 3.05) is 13.2 Å². The Kier molecular flexibility index (Phi) is 3.91. The van der Waals surface area contributed by atoms with Crippen molar-refractivity contribution >= 4 is 11.6 Å². The summed E-state index contributed by atoms with van der Waals surface area (Å²) in [5.41, 5.74) is 3.01. The number of carbonyl (C=O) groups is 1. The maximum Gasteiger partial charge on any atom is 0.226 e. The number of benzene rings is 1. The Bertz CT molecular complexity index is 839. The summed E-state index contributed by atoms with van der Waals surface area (Å²) in [7, 11) is 0. The Morgan fingerprint density at radius 3 is 3.04 bits per heavy atom. The van der Waals surface area contributed by atoms with Gasteiger partial charge in [0.1, 0.15) is 18.0 Å². The van der Waals surface area contributed by atoms with Gasteiger partial charge in [-0.2, -0.15) is 0 Å². The molecule has 0 radical (unpaired) electrons. The van der Waals surface area contributed by atoms with E-state index >= 15 is 0 Å². The molecular weight excluding hydrogens is 302 g/mol. The summed E-state index contributed by atoms with van der Waals surface area (Å²) in [5, 5.41) is 3.01. The minimum Gasteiger partial charge on any atom is -0.492 e. The average molecular weight is 321 g/mol. The molecule has 3 heterocycles. The molecule has 1 aliphatic rings. The molecule has 1 aliphatic heterocycles. The molecule has 1 aromatic carbocycles. The lowest BCUT2D eigenvalue weighted by molar-refractivity contribution is -0.126. The van der Waals surface area contributed by atoms with Gasteiger partial charge in [0.15, 0.2) is 0 Å². The second-order valence-corrected chi connectivity index (χ2v) is 6.06. The number of rotatable bonds is 4. The molecule has 24 heavy (non-hydrogen) atoms. The summed E-state index contributed by atoms with van der Waals surface area (Å²) in [5.74, 6) is 0.820. The molecule has 0 saturated carbocycles. The highest BCUT2D eigenvalue weighted by Crippen LogP contribution is 2.26. The van der Waals surface area contributed by atoms with E-state index in [-0.39, 0.29) is 11.8 Å². The van der Waals surface area contributed by atoms with Crippen LogP contribution in [0.4, 0.5) is 0 Å². The molecular formula is C19H19N3O2. The highest BCUT2D eigenvalue weighted by Gasteiger charge is 2.25. The van der Waals surface area contributed by atoms with Gasteiger partial charge in [-0.3, -0.25) is 4.79 Å². The molecule has 2 aromatic heterocycles. The predicted octanol–water partition coefficient (Wildman–Crippen LogP) is 2.24. The number of ether oxygens (including phenoxy) is 1. The summed E-state index contributed by atoms with van der Waals surface area (Å²) >= 11 is 0.